The number of aromatic nitrogens is 1. The van der Waals surface area contributed by atoms with Crippen LogP contribution in [-0.4, -0.2) is 11.5 Å². The summed E-state index contributed by atoms with van der Waals surface area (Å²) in [6, 6.07) is 14.1. The maximum Gasteiger partial charge on any atom is 0.126 e. The quantitative estimate of drug-likeness (QED) is 0.815. The molecule has 1 aromatic carbocycles. The first kappa shape index (κ1) is 15.0. The van der Waals surface area contributed by atoms with Gasteiger partial charge in [-0.25, -0.2) is 4.98 Å². The molecule has 0 unspecified atom stereocenters. The zero-order valence-corrected chi connectivity index (χ0v) is 13.2. The molecule has 0 bridgehead atoms. The average Bonchev–Trinajstić information content (AvgIpc) is 2.48. The van der Waals surface area contributed by atoms with Crippen molar-refractivity contribution in [3.05, 3.63) is 58.2 Å². The molecule has 2 aromatic rings. The van der Waals surface area contributed by atoms with E-state index in [2.05, 4.69) is 45.3 Å². The number of anilines is 1. The summed E-state index contributed by atoms with van der Waals surface area (Å²) in [6.45, 7) is 4.20. The fraction of sp³-hybridized carbons (Fsp3) is 0.312. The highest BCUT2D eigenvalue weighted by Crippen LogP contribution is 2.12. The number of benzene rings is 1. The number of halogens is 1. The Kier molecular flexibility index (Phi) is 6.02. The molecule has 0 amide bonds. The van der Waals surface area contributed by atoms with Crippen LogP contribution in [0.15, 0.2) is 46.9 Å². The van der Waals surface area contributed by atoms with Crippen LogP contribution in [0.2, 0.25) is 0 Å². The van der Waals surface area contributed by atoms with Gasteiger partial charge >= 0.3 is 0 Å². The van der Waals surface area contributed by atoms with Gasteiger partial charge in [0, 0.05) is 11.0 Å². The van der Waals surface area contributed by atoms with Crippen molar-refractivity contribution in [2.75, 3.05) is 11.9 Å². The number of nitrogens with one attached hydrogen (secondary N) is 1. The predicted molar refractivity (Wildman–Crippen MR) is 85.7 cm³/mol. The molecule has 3 nitrogen and oxygen atoms in total. The third-order valence-electron chi connectivity index (χ3n) is 2.79. The molecule has 106 valence electrons. The van der Waals surface area contributed by atoms with E-state index < -0.39 is 0 Å². The lowest BCUT2D eigenvalue weighted by atomic mass is 10.2. The summed E-state index contributed by atoms with van der Waals surface area (Å²) in [6.07, 6.45) is 1.09. The van der Waals surface area contributed by atoms with Crippen LogP contribution in [0.4, 0.5) is 5.82 Å². The van der Waals surface area contributed by atoms with E-state index in [4.69, 9.17) is 4.74 Å². The first-order chi connectivity index (χ1) is 9.78. The molecule has 0 atom stereocenters. The van der Waals surface area contributed by atoms with Gasteiger partial charge in [0.15, 0.2) is 0 Å². The van der Waals surface area contributed by atoms with Gasteiger partial charge in [0.1, 0.15) is 5.82 Å². The highest BCUT2D eigenvalue weighted by Gasteiger charge is 1.99. The number of nitrogens with zero attached hydrogens (tertiary/aromatic N) is 1. The van der Waals surface area contributed by atoms with E-state index in [9.17, 15) is 0 Å². The SMILES string of the molecule is CCCNc1cccc(COCc2ccc(Br)cc2)n1. The average molecular weight is 335 g/mol. The zero-order chi connectivity index (χ0) is 14.2. The monoisotopic (exact) mass is 334 g/mol. The fourth-order valence-electron chi connectivity index (χ4n) is 1.77. The van der Waals surface area contributed by atoms with Crippen molar-refractivity contribution >= 4 is 21.7 Å². The van der Waals surface area contributed by atoms with Crippen LogP contribution in [0.3, 0.4) is 0 Å². The minimum absolute atomic E-state index is 0.526. The molecule has 4 heteroatoms. The highest BCUT2D eigenvalue weighted by atomic mass is 79.9. The Balaban J connectivity index is 1.82. The van der Waals surface area contributed by atoms with Crippen molar-refractivity contribution in [1.29, 1.82) is 0 Å². The maximum absolute atomic E-state index is 5.70. The van der Waals surface area contributed by atoms with Crippen LogP contribution in [-0.2, 0) is 18.0 Å². The highest BCUT2D eigenvalue weighted by molar-refractivity contribution is 9.10. The Morgan fingerprint density at radius 2 is 1.90 bits per heavy atom. The summed E-state index contributed by atoms with van der Waals surface area (Å²) in [4.78, 5) is 4.51. The molecular weight excluding hydrogens is 316 g/mol. The molecule has 20 heavy (non-hydrogen) atoms. The molecule has 1 aromatic heterocycles. The van der Waals surface area contributed by atoms with E-state index in [0.717, 1.165) is 34.5 Å². The van der Waals surface area contributed by atoms with Crippen LogP contribution in [0.25, 0.3) is 0 Å². The van der Waals surface area contributed by atoms with E-state index in [1.54, 1.807) is 0 Å². The Hall–Kier alpha value is -1.39. The topological polar surface area (TPSA) is 34.1 Å². The van der Waals surface area contributed by atoms with Gasteiger partial charge in [0.05, 0.1) is 18.9 Å². The zero-order valence-electron chi connectivity index (χ0n) is 11.6. The molecule has 1 N–H and O–H groups in total. The van der Waals surface area contributed by atoms with Gasteiger partial charge in [-0.2, -0.15) is 0 Å². The van der Waals surface area contributed by atoms with Crippen LogP contribution in [0.5, 0.6) is 0 Å². The summed E-state index contributed by atoms with van der Waals surface area (Å²) in [7, 11) is 0. The molecule has 0 aliphatic heterocycles. The van der Waals surface area contributed by atoms with E-state index in [-0.39, 0.29) is 0 Å². The van der Waals surface area contributed by atoms with Crippen LogP contribution in [0, 0.1) is 0 Å². The van der Waals surface area contributed by atoms with E-state index >= 15 is 0 Å². The fourth-order valence-corrected chi connectivity index (χ4v) is 2.03. The summed E-state index contributed by atoms with van der Waals surface area (Å²) in [5, 5.41) is 3.28. The minimum atomic E-state index is 0.526. The second-order valence-corrected chi connectivity index (χ2v) is 5.48. The number of rotatable bonds is 7. The van der Waals surface area contributed by atoms with Gasteiger partial charge in [-0.1, -0.05) is 41.1 Å². The molecule has 0 fully saturated rings. The molecule has 1 heterocycles. The lowest BCUT2D eigenvalue weighted by Gasteiger charge is -2.07. The standard InChI is InChI=1S/C16H19BrN2O/c1-2-10-18-16-5-3-4-15(19-16)12-20-11-13-6-8-14(17)9-7-13/h3-9H,2,10-12H2,1H3,(H,18,19). The van der Waals surface area contributed by atoms with Crippen molar-refractivity contribution < 1.29 is 4.74 Å². The Bertz CT molecular complexity index is 528. The van der Waals surface area contributed by atoms with E-state index in [1.807, 2.05) is 30.3 Å². The van der Waals surface area contributed by atoms with Crippen molar-refractivity contribution in [2.45, 2.75) is 26.6 Å². The number of hydrogen-bond acceptors (Lipinski definition) is 3. The van der Waals surface area contributed by atoms with Gasteiger partial charge in [-0.3, -0.25) is 0 Å². The van der Waals surface area contributed by atoms with E-state index in [1.165, 1.54) is 0 Å². The molecular formula is C16H19BrN2O. The molecule has 0 aliphatic carbocycles. The largest absolute Gasteiger partial charge is 0.370 e. The molecule has 0 saturated carbocycles. The van der Waals surface area contributed by atoms with Crippen molar-refractivity contribution in [2.24, 2.45) is 0 Å². The van der Waals surface area contributed by atoms with Crippen molar-refractivity contribution in [1.82, 2.24) is 4.98 Å². The summed E-state index contributed by atoms with van der Waals surface area (Å²) in [5.74, 6) is 0.914. The minimum Gasteiger partial charge on any atom is -0.370 e. The normalized spacial score (nSPS) is 10.5. The Morgan fingerprint density at radius 1 is 1.10 bits per heavy atom. The second kappa shape index (κ2) is 8.02. The second-order valence-electron chi connectivity index (χ2n) is 4.56. The van der Waals surface area contributed by atoms with Crippen LogP contribution >= 0.6 is 15.9 Å². The van der Waals surface area contributed by atoms with Crippen molar-refractivity contribution in [3.8, 4) is 0 Å². The lowest BCUT2D eigenvalue weighted by Crippen LogP contribution is -2.04. The first-order valence-corrected chi connectivity index (χ1v) is 7.59. The lowest BCUT2D eigenvalue weighted by molar-refractivity contribution is 0.104. The Labute approximate surface area is 128 Å². The van der Waals surface area contributed by atoms with Crippen LogP contribution < -0.4 is 5.32 Å². The van der Waals surface area contributed by atoms with Gasteiger partial charge in [-0.05, 0) is 36.2 Å². The third-order valence-corrected chi connectivity index (χ3v) is 3.32. The summed E-state index contributed by atoms with van der Waals surface area (Å²) < 4.78 is 6.78. The third kappa shape index (κ3) is 4.94. The smallest absolute Gasteiger partial charge is 0.126 e. The summed E-state index contributed by atoms with van der Waals surface area (Å²) >= 11 is 3.42. The first-order valence-electron chi connectivity index (χ1n) is 6.80. The molecule has 0 radical (unpaired) electrons. The molecule has 2 rings (SSSR count). The van der Waals surface area contributed by atoms with Crippen LogP contribution in [0.1, 0.15) is 24.6 Å². The van der Waals surface area contributed by atoms with Gasteiger partial charge < -0.3 is 10.1 Å². The van der Waals surface area contributed by atoms with Gasteiger partial charge in [-0.15, -0.1) is 0 Å². The molecule has 0 saturated heterocycles. The molecule has 0 spiro atoms. The number of pyridine rings is 1. The summed E-state index contributed by atoms with van der Waals surface area (Å²) in [5.41, 5.74) is 2.11. The van der Waals surface area contributed by atoms with Crippen molar-refractivity contribution in [3.63, 3.8) is 0 Å². The number of ether oxygens (including phenoxy) is 1. The van der Waals surface area contributed by atoms with Gasteiger partial charge in [0.2, 0.25) is 0 Å². The molecule has 0 aliphatic rings. The predicted octanol–water partition coefficient (Wildman–Crippen LogP) is 4.38. The Morgan fingerprint density at radius 3 is 2.65 bits per heavy atom. The van der Waals surface area contributed by atoms with Gasteiger partial charge in [0.25, 0.3) is 0 Å². The van der Waals surface area contributed by atoms with E-state index in [0.29, 0.717) is 13.2 Å². The maximum atomic E-state index is 5.70. The number of hydrogen-bond donors (Lipinski definition) is 1.